The number of aliphatic carboxylic acids is 2. The molecule has 0 bridgehead atoms. The highest BCUT2D eigenvalue weighted by Gasteiger charge is 2.02. The Bertz CT molecular complexity index is 500. The zero-order valence-corrected chi connectivity index (χ0v) is 22.9. The van der Waals surface area contributed by atoms with E-state index in [-0.39, 0.29) is 11.9 Å². The van der Waals surface area contributed by atoms with E-state index in [0.29, 0.717) is 38.9 Å². The molecule has 0 unspecified atom stereocenters. The van der Waals surface area contributed by atoms with Crippen LogP contribution < -0.4 is 0 Å². The first-order chi connectivity index (χ1) is 17.3. The second kappa shape index (κ2) is 29.1. The topological polar surface area (TPSA) is 127 Å². The molecule has 0 aromatic carbocycles. The molecule has 0 saturated carbocycles. The van der Waals surface area contributed by atoms with Gasteiger partial charge in [-0.05, 0) is 39.5 Å². The van der Waals surface area contributed by atoms with Crippen LogP contribution in [0.2, 0.25) is 0 Å². The minimum atomic E-state index is -0.700. The van der Waals surface area contributed by atoms with Gasteiger partial charge in [-0.1, -0.05) is 77.0 Å². The van der Waals surface area contributed by atoms with Crippen molar-refractivity contribution in [3.63, 3.8) is 0 Å². The summed E-state index contributed by atoms with van der Waals surface area (Å²) in [7, 11) is 0. The Labute approximate surface area is 218 Å². The van der Waals surface area contributed by atoms with Crippen LogP contribution in [-0.4, -0.2) is 47.3 Å². The predicted molar refractivity (Wildman–Crippen MR) is 141 cm³/mol. The van der Waals surface area contributed by atoms with Crippen molar-refractivity contribution in [3.8, 4) is 0 Å². The lowest BCUT2D eigenvalue weighted by molar-refractivity contribution is -0.144. The molecule has 0 aliphatic heterocycles. The van der Waals surface area contributed by atoms with E-state index in [9.17, 15) is 19.2 Å². The van der Waals surface area contributed by atoms with Gasteiger partial charge in [-0.2, -0.15) is 0 Å². The maximum atomic E-state index is 11.0. The quantitative estimate of drug-likeness (QED) is 0.103. The van der Waals surface area contributed by atoms with Crippen LogP contribution in [0.25, 0.3) is 0 Å². The molecule has 0 aliphatic carbocycles. The third-order valence-corrected chi connectivity index (χ3v) is 5.65. The van der Waals surface area contributed by atoms with Gasteiger partial charge in [-0.25, -0.2) is 0 Å². The lowest BCUT2D eigenvalue weighted by atomic mass is 10.1. The normalized spacial score (nSPS) is 10.3. The Kier molecular flexibility index (Phi) is 29.1. The molecule has 0 aliphatic rings. The van der Waals surface area contributed by atoms with Crippen molar-refractivity contribution < 1.29 is 38.9 Å². The molecule has 0 heterocycles. The van der Waals surface area contributed by atoms with Crippen LogP contribution in [0.15, 0.2) is 0 Å². The Morgan fingerprint density at radius 1 is 0.417 bits per heavy atom. The number of hydrogen-bond donors (Lipinski definition) is 2. The average molecular weight is 517 g/mol. The van der Waals surface area contributed by atoms with Crippen molar-refractivity contribution >= 4 is 23.9 Å². The molecule has 0 amide bonds. The van der Waals surface area contributed by atoms with Gasteiger partial charge in [0.1, 0.15) is 0 Å². The number of rotatable bonds is 24. The second-order valence-corrected chi connectivity index (χ2v) is 9.05. The van der Waals surface area contributed by atoms with Crippen molar-refractivity contribution in [2.45, 2.75) is 142 Å². The van der Waals surface area contributed by atoms with Crippen LogP contribution in [0, 0.1) is 0 Å². The maximum absolute atomic E-state index is 11.0. The van der Waals surface area contributed by atoms with Crippen molar-refractivity contribution in [1.29, 1.82) is 0 Å². The number of unbranched alkanes of at least 4 members (excludes halogenated alkanes) is 14. The average Bonchev–Trinajstić information content (AvgIpc) is 2.82. The number of carbonyl (C=O) groups excluding carboxylic acids is 2. The van der Waals surface area contributed by atoms with Gasteiger partial charge in [0.2, 0.25) is 0 Å². The molecule has 0 rings (SSSR count). The Balaban J connectivity index is 0. The van der Waals surface area contributed by atoms with E-state index in [2.05, 4.69) is 0 Å². The summed E-state index contributed by atoms with van der Waals surface area (Å²) in [6, 6.07) is 0. The van der Waals surface area contributed by atoms with Crippen LogP contribution >= 0.6 is 0 Å². The van der Waals surface area contributed by atoms with Gasteiger partial charge in [0.25, 0.3) is 0 Å². The molecule has 0 aromatic heterocycles. The summed E-state index contributed by atoms with van der Waals surface area (Å²) in [4.78, 5) is 42.6. The van der Waals surface area contributed by atoms with Crippen LogP contribution in [0.1, 0.15) is 142 Å². The molecule has 8 nitrogen and oxygen atoms in total. The number of esters is 2. The van der Waals surface area contributed by atoms with Gasteiger partial charge in [0.15, 0.2) is 0 Å². The van der Waals surface area contributed by atoms with E-state index >= 15 is 0 Å². The Morgan fingerprint density at radius 2 is 0.639 bits per heavy atom. The monoisotopic (exact) mass is 516 g/mol. The molecule has 2 N–H and O–H groups in total. The summed E-state index contributed by atoms with van der Waals surface area (Å²) in [6.45, 7) is 4.58. The maximum Gasteiger partial charge on any atom is 0.305 e. The molecule has 0 spiro atoms. The van der Waals surface area contributed by atoms with Crippen molar-refractivity contribution in [1.82, 2.24) is 0 Å². The number of carboxylic acids is 2. The zero-order chi connectivity index (χ0) is 27.3. The highest BCUT2D eigenvalue weighted by atomic mass is 16.5. The largest absolute Gasteiger partial charge is 0.481 e. The van der Waals surface area contributed by atoms with Crippen LogP contribution in [0.5, 0.6) is 0 Å². The van der Waals surface area contributed by atoms with Gasteiger partial charge in [0, 0.05) is 25.7 Å². The molecule has 212 valence electrons. The van der Waals surface area contributed by atoms with E-state index in [1.807, 2.05) is 13.8 Å². The SMILES string of the molecule is CCOC(=O)CCCCCCCCCCC(=O)O.CCOC(=O)CCCCCCCCCCC(=O)O. The molecule has 0 atom stereocenters. The molecule has 0 saturated heterocycles. The van der Waals surface area contributed by atoms with Gasteiger partial charge in [-0.3, -0.25) is 19.2 Å². The number of carboxylic acid groups (broad SMARTS) is 2. The van der Waals surface area contributed by atoms with E-state index in [0.717, 1.165) is 77.0 Å². The summed E-state index contributed by atoms with van der Waals surface area (Å²) < 4.78 is 9.69. The Morgan fingerprint density at radius 3 is 0.861 bits per heavy atom. The molecule has 0 fully saturated rings. The van der Waals surface area contributed by atoms with Gasteiger partial charge in [-0.15, -0.1) is 0 Å². The minimum absolute atomic E-state index is 0.0915. The smallest absolute Gasteiger partial charge is 0.305 e. The third kappa shape index (κ3) is 34.0. The zero-order valence-electron chi connectivity index (χ0n) is 22.9. The van der Waals surface area contributed by atoms with Gasteiger partial charge >= 0.3 is 23.9 Å². The fraction of sp³-hybridized carbons (Fsp3) is 0.857. The van der Waals surface area contributed by atoms with Crippen LogP contribution in [0.3, 0.4) is 0 Å². The number of carbonyl (C=O) groups is 4. The molecular weight excluding hydrogens is 464 g/mol. The summed E-state index contributed by atoms with van der Waals surface area (Å²) in [6.07, 6.45) is 18.5. The molecule has 0 radical (unpaired) electrons. The molecule has 0 aromatic rings. The lowest BCUT2D eigenvalue weighted by Crippen LogP contribution is -2.03. The molecular formula is C28H52O8. The van der Waals surface area contributed by atoms with Crippen LogP contribution in [-0.2, 0) is 28.7 Å². The van der Waals surface area contributed by atoms with Gasteiger partial charge < -0.3 is 19.7 Å². The van der Waals surface area contributed by atoms with E-state index in [1.54, 1.807) is 0 Å². The fourth-order valence-corrected chi connectivity index (χ4v) is 3.68. The summed E-state index contributed by atoms with van der Waals surface area (Å²) in [5.41, 5.74) is 0. The minimum Gasteiger partial charge on any atom is -0.481 e. The first-order valence-electron chi connectivity index (χ1n) is 14.1. The summed E-state index contributed by atoms with van der Waals surface area (Å²) in [5, 5.41) is 16.9. The number of hydrogen-bond acceptors (Lipinski definition) is 6. The fourth-order valence-electron chi connectivity index (χ4n) is 3.68. The molecule has 36 heavy (non-hydrogen) atoms. The lowest BCUT2D eigenvalue weighted by Gasteiger charge is -2.02. The van der Waals surface area contributed by atoms with E-state index in [1.165, 1.54) is 25.7 Å². The van der Waals surface area contributed by atoms with Crippen molar-refractivity contribution in [2.75, 3.05) is 13.2 Å². The van der Waals surface area contributed by atoms with E-state index < -0.39 is 11.9 Å². The summed E-state index contributed by atoms with van der Waals surface area (Å²) >= 11 is 0. The van der Waals surface area contributed by atoms with Crippen LogP contribution in [0.4, 0.5) is 0 Å². The Hall–Kier alpha value is -2.12. The second-order valence-electron chi connectivity index (χ2n) is 9.05. The number of ether oxygens (including phenoxy) is 2. The highest BCUT2D eigenvalue weighted by molar-refractivity contribution is 5.69. The summed E-state index contributed by atoms with van der Waals surface area (Å²) in [5.74, 6) is -1.58. The van der Waals surface area contributed by atoms with Gasteiger partial charge in [0.05, 0.1) is 13.2 Å². The van der Waals surface area contributed by atoms with E-state index in [4.69, 9.17) is 19.7 Å². The third-order valence-electron chi connectivity index (χ3n) is 5.65. The van der Waals surface area contributed by atoms with Crippen molar-refractivity contribution in [3.05, 3.63) is 0 Å². The standard InChI is InChI=1S/2C14H26O4/c2*1-2-18-14(17)12-10-8-6-4-3-5-7-9-11-13(15)16/h2*2-12H2,1H3,(H,15,16). The first-order valence-corrected chi connectivity index (χ1v) is 14.1. The molecule has 8 heteroatoms. The van der Waals surface area contributed by atoms with Crippen molar-refractivity contribution in [2.24, 2.45) is 0 Å². The first kappa shape index (κ1) is 36.0. The predicted octanol–water partition coefficient (Wildman–Crippen LogP) is 7.07. The highest BCUT2D eigenvalue weighted by Crippen LogP contribution is 2.12.